The summed E-state index contributed by atoms with van der Waals surface area (Å²) < 4.78 is 5.29. The summed E-state index contributed by atoms with van der Waals surface area (Å²) in [6, 6.07) is 8.23. The third kappa shape index (κ3) is 4.20. The SMILES string of the molecule is CCC(NC(C)c1cccc(NC(C)=O)c1)c1c(C)noc1C. The van der Waals surface area contributed by atoms with E-state index in [9.17, 15) is 4.79 Å². The second-order valence-corrected chi connectivity index (χ2v) is 5.89. The van der Waals surface area contributed by atoms with Crippen LogP contribution in [0.4, 0.5) is 5.69 Å². The normalized spacial score (nSPS) is 13.6. The summed E-state index contributed by atoms with van der Waals surface area (Å²) in [4.78, 5) is 11.2. The van der Waals surface area contributed by atoms with E-state index < -0.39 is 0 Å². The molecule has 0 saturated carbocycles. The fraction of sp³-hybridized carbons (Fsp3) is 0.444. The lowest BCUT2D eigenvalue weighted by Gasteiger charge is -2.23. The number of aromatic nitrogens is 1. The van der Waals surface area contributed by atoms with Crippen LogP contribution in [0.3, 0.4) is 0 Å². The third-order valence-electron chi connectivity index (χ3n) is 4.00. The van der Waals surface area contributed by atoms with Crippen LogP contribution in [0.25, 0.3) is 0 Å². The van der Waals surface area contributed by atoms with Crippen LogP contribution >= 0.6 is 0 Å². The highest BCUT2D eigenvalue weighted by molar-refractivity contribution is 5.88. The van der Waals surface area contributed by atoms with Crippen molar-refractivity contribution in [1.29, 1.82) is 0 Å². The van der Waals surface area contributed by atoms with E-state index in [-0.39, 0.29) is 18.0 Å². The van der Waals surface area contributed by atoms with Crippen molar-refractivity contribution in [3.63, 3.8) is 0 Å². The van der Waals surface area contributed by atoms with Gasteiger partial charge in [-0.1, -0.05) is 24.2 Å². The van der Waals surface area contributed by atoms with Gasteiger partial charge in [-0.15, -0.1) is 0 Å². The molecule has 1 aromatic heterocycles. The molecule has 0 aliphatic rings. The van der Waals surface area contributed by atoms with Gasteiger partial charge in [0.1, 0.15) is 5.76 Å². The predicted octanol–water partition coefficient (Wildman–Crippen LogP) is 4.05. The highest BCUT2D eigenvalue weighted by Crippen LogP contribution is 2.27. The van der Waals surface area contributed by atoms with E-state index in [1.165, 1.54) is 6.92 Å². The molecule has 2 unspecified atom stereocenters. The van der Waals surface area contributed by atoms with Gasteiger partial charge in [-0.25, -0.2) is 0 Å². The molecule has 0 saturated heterocycles. The Bertz CT molecular complexity index is 659. The zero-order valence-corrected chi connectivity index (χ0v) is 14.4. The molecule has 2 rings (SSSR count). The number of aryl methyl sites for hydroxylation is 2. The van der Waals surface area contributed by atoms with Gasteiger partial charge in [0.15, 0.2) is 0 Å². The first-order valence-corrected chi connectivity index (χ1v) is 7.98. The van der Waals surface area contributed by atoms with Gasteiger partial charge < -0.3 is 15.2 Å². The number of nitrogens with one attached hydrogen (secondary N) is 2. The maximum Gasteiger partial charge on any atom is 0.221 e. The molecular weight excluding hydrogens is 290 g/mol. The van der Waals surface area contributed by atoms with Gasteiger partial charge in [0, 0.05) is 30.3 Å². The van der Waals surface area contributed by atoms with Crippen LogP contribution < -0.4 is 10.6 Å². The van der Waals surface area contributed by atoms with Crippen LogP contribution in [-0.4, -0.2) is 11.1 Å². The number of benzene rings is 1. The number of nitrogens with zero attached hydrogens (tertiary/aromatic N) is 1. The molecule has 23 heavy (non-hydrogen) atoms. The lowest BCUT2D eigenvalue weighted by atomic mass is 10.00. The Labute approximate surface area is 137 Å². The minimum absolute atomic E-state index is 0.0649. The lowest BCUT2D eigenvalue weighted by Crippen LogP contribution is -2.25. The Morgan fingerprint density at radius 3 is 2.65 bits per heavy atom. The number of anilines is 1. The van der Waals surface area contributed by atoms with Crippen LogP contribution in [0, 0.1) is 13.8 Å². The molecule has 1 amide bonds. The zero-order chi connectivity index (χ0) is 17.0. The standard InChI is InChI=1S/C18H25N3O2/c1-6-17(18-12(3)21-23-13(18)4)19-11(2)15-8-7-9-16(10-15)20-14(5)22/h7-11,17,19H,6H2,1-5H3,(H,20,22). The molecule has 2 aromatic rings. The van der Waals surface area contributed by atoms with E-state index in [4.69, 9.17) is 4.52 Å². The Kier molecular flexibility index (Phi) is 5.55. The van der Waals surface area contributed by atoms with E-state index in [0.29, 0.717) is 0 Å². The molecule has 5 heteroatoms. The number of carbonyl (C=O) groups excluding carboxylic acids is 1. The van der Waals surface area contributed by atoms with Crippen LogP contribution in [-0.2, 0) is 4.79 Å². The van der Waals surface area contributed by atoms with Crippen molar-refractivity contribution in [2.75, 3.05) is 5.32 Å². The number of rotatable bonds is 6. The number of carbonyl (C=O) groups is 1. The first kappa shape index (κ1) is 17.2. The van der Waals surface area contributed by atoms with E-state index in [2.05, 4.69) is 35.7 Å². The maximum atomic E-state index is 11.2. The van der Waals surface area contributed by atoms with E-state index >= 15 is 0 Å². The molecule has 2 atom stereocenters. The molecule has 0 aliphatic heterocycles. The Hall–Kier alpha value is -2.14. The van der Waals surface area contributed by atoms with E-state index in [1.807, 2.05) is 32.0 Å². The van der Waals surface area contributed by atoms with Gasteiger partial charge in [0.25, 0.3) is 0 Å². The summed E-state index contributed by atoms with van der Waals surface area (Å²) >= 11 is 0. The van der Waals surface area contributed by atoms with Gasteiger partial charge in [0.2, 0.25) is 5.91 Å². The lowest BCUT2D eigenvalue weighted by molar-refractivity contribution is -0.114. The van der Waals surface area contributed by atoms with Crippen LogP contribution in [0.15, 0.2) is 28.8 Å². The molecular formula is C18H25N3O2. The molecule has 0 spiro atoms. The Morgan fingerprint density at radius 2 is 2.09 bits per heavy atom. The predicted molar refractivity (Wildman–Crippen MR) is 91.3 cm³/mol. The second-order valence-electron chi connectivity index (χ2n) is 5.89. The summed E-state index contributed by atoms with van der Waals surface area (Å²) in [5.74, 6) is 0.797. The molecule has 0 radical (unpaired) electrons. The van der Waals surface area contributed by atoms with Gasteiger partial charge in [-0.05, 0) is 44.9 Å². The maximum absolute atomic E-state index is 11.2. The summed E-state index contributed by atoms with van der Waals surface area (Å²) in [5.41, 5.74) is 4.01. The van der Waals surface area contributed by atoms with Gasteiger partial charge in [0.05, 0.1) is 5.69 Å². The molecule has 1 aromatic carbocycles. The molecule has 5 nitrogen and oxygen atoms in total. The number of hydrogen-bond acceptors (Lipinski definition) is 4. The fourth-order valence-corrected chi connectivity index (χ4v) is 2.88. The topological polar surface area (TPSA) is 67.2 Å². The van der Waals surface area contributed by atoms with Gasteiger partial charge >= 0.3 is 0 Å². The van der Waals surface area contributed by atoms with E-state index in [0.717, 1.165) is 34.7 Å². The molecule has 0 bridgehead atoms. The Balaban J connectivity index is 2.17. The first-order chi connectivity index (χ1) is 10.9. The highest BCUT2D eigenvalue weighted by atomic mass is 16.5. The molecule has 0 fully saturated rings. The van der Waals surface area contributed by atoms with Crippen molar-refractivity contribution < 1.29 is 9.32 Å². The smallest absolute Gasteiger partial charge is 0.221 e. The molecule has 124 valence electrons. The molecule has 2 N–H and O–H groups in total. The highest BCUT2D eigenvalue weighted by Gasteiger charge is 2.21. The summed E-state index contributed by atoms with van der Waals surface area (Å²) in [7, 11) is 0. The van der Waals surface area contributed by atoms with Crippen molar-refractivity contribution in [3.8, 4) is 0 Å². The zero-order valence-electron chi connectivity index (χ0n) is 14.4. The monoisotopic (exact) mass is 315 g/mol. The van der Waals surface area contributed by atoms with Crippen molar-refractivity contribution in [3.05, 3.63) is 46.8 Å². The second kappa shape index (κ2) is 7.42. The number of amides is 1. The van der Waals surface area contributed by atoms with Crippen LogP contribution in [0.1, 0.15) is 61.9 Å². The summed E-state index contributed by atoms with van der Waals surface area (Å²) in [6.07, 6.45) is 0.943. The summed E-state index contributed by atoms with van der Waals surface area (Å²) in [6.45, 7) is 9.69. The van der Waals surface area contributed by atoms with Crippen molar-refractivity contribution in [1.82, 2.24) is 10.5 Å². The minimum atomic E-state index is -0.0649. The third-order valence-corrected chi connectivity index (χ3v) is 4.00. The quantitative estimate of drug-likeness (QED) is 0.844. The van der Waals surface area contributed by atoms with Crippen LogP contribution in [0.2, 0.25) is 0 Å². The van der Waals surface area contributed by atoms with Gasteiger partial charge in [-0.3, -0.25) is 4.79 Å². The molecule has 1 heterocycles. The van der Waals surface area contributed by atoms with Gasteiger partial charge in [-0.2, -0.15) is 0 Å². The summed E-state index contributed by atoms with van der Waals surface area (Å²) in [5, 5.41) is 10.5. The average molecular weight is 315 g/mol. The number of hydrogen-bond donors (Lipinski definition) is 2. The van der Waals surface area contributed by atoms with Crippen molar-refractivity contribution in [2.24, 2.45) is 0 Å². The minimum Gasteiger partial charge on any atom is -0.361 e. The van der Waals surface area contributed by atoms with E-state index in [1.54, 1.807) is 0 Å². The molecule has 0 aliphatic carbocycles. The fourth-order valence-electron chi connectivity index (χ4n) is 2.88. The first-order valence-electron chi connectivity index (χ1n) is 7.98. The van der Waals surface area contributed by atoms with Crippen molar-refractivity contribution >= 4 is 11.6 Å². The Morgan fingerprint density at radius 1 is 1.35 bits per heavy atom. The van der Waals surface area contributed by atoms with Crippen molar-refractivity contribution in [2.45, 2.75) is 53.1 Å². The van der Waals surface area contributed by atoms with Crippen LogP contribution in [0.5, 0.6) is 0 Å². The average Bonchev–Trinajstić information content (AvgIpc) is 2.83. The largest absolute Gasteiger partial charge is 0.361 e.